The second kappa shape index (κ2) is 17.0. The number of carbonyl (C=O) groups is 7. The SMILES string of the molecule is CC(C)C[C@H](NC(=O)[C@@H](NC(=O)[C@H](CO)NC(=O)[C@@H](N)CC(N)=O)[C@@H](C)O)C(=O)N[C@H](C=O)CCC(N)=O. The quantitative estimate of drug-likeness (QED) is 0.0739. The number of nitrogens with two attached hydrogens (primary N) is 3. The molecule has 0 aliphatic heterocycles. The van der Waals surface area contributed by atoms with Gasteiger partial charge in [-0.25, -0.2) is 0 Å². The number of amides is 6. The summed E-state index contributed by atoms with van der Waals surface area (Å²) in [5.41, 5.74) is 15.5. The van der Waals surface area contributed by atoms with Crippen LogP contribution in [0.4, 0.5) is 0 Å². The Labute approximate surface area is 219 Å². The number of aliphatic hydroxyl groups is 2. The average Bonchev–Trinajstić information content (AvgIpc) is 2.81. The highest BCUT2D eigenvalue weighted by molar-refractivity contribution is 5.96. The lowest BCUT2D eigenvalue weighted by Gasteiger charge is -2.27. The molecule has 0 aliphatic rings. The lowest BCUT2D eigenvalue weighted by atomic mass is 10.0. The molecule has 0 spiro atoms. The van der Waals surface area contributed by atoms with Gasteiger partial charge in [0, 0.05) is 6.42 Å². The highest BCUT2D eigenvalue weighted by Crippen LogP contribution is 2.08. The number of nitrogens with one attached hydrogen (secondary N) is 4. The number of aldehydes is 1. The lowest BCUT2D eigenvalue weighted by Crippen LogP contribution is -2.61. The molecule has 0 aromatic heterocycles. The summed E-state index contributed by atoms with van der Waals surface area (Å²) in [4.78, 5) is 83.6. The van der Waals surface area contributed by atoms with Crippen molar-refractivity contribution in [2.75, 3.05) is 6.61 Å². The van der Waals surface area contributed by atoms with Crippen LogP contribution in [0.2, 0.25) is 0 Å². The normalized spacial score (nSPS) is 15.7. The monoisotopic (exact) mass is 545 g/mol. The molecule has 0 aromatic rings. The zero-order chi connectivity index (χ0) is 29.6. The molecule has 38 heavy (non-hydrogen) atoms. The van der Waals surface area contributed by atoms with Crippen molar-refractivity contribution in [3.8, 4) is 0 Å². The smallest absolute Gasteiger partial charge is 0.245 e. The van der Waals surface area contributed by atoms with Gasteiger partial charge in [0.05, 0.1) is 31.2 Å². The van der Waals surface area contributed by atoms with Gasteiger partial charge in [-0.05, 0) is 25.7 Å². The molecule has 0 heterocycles. The Morgan fingerprint density at radius 1 is 0.816 bits per heavy atom. The summed E-state index contributed by atoms with van der Waals surface area (Å²) in [5, 5.41) is 28.7. The topological polar surface area (TPSA) is 286 Å². The van der Waals surface area contributed by atoms with E-state index in [1.165, 1.54) is 6.92 Å². The van der Waals surface area contributed by atoms with E-state index in [4.69, 9.17) is 17.2 Å². The first-order valence-electron chi connectivity index (χ1n) is 11.9. The molecule has 6 atom stereocenters. The van der Waals surface area contributed by atoms with Gasteiger partial charge in [-0.3, -0.25) is 28.8 Å². The second-order valence-corrected chi connectivity index (χ2v) is 9.19. The van der Waals surface area contributed by atoms with E-state index in [0.29, 0.717) is 6.29 Å². The summed E-state index contributed by atoms with van der Waals surface area (Å²) in [6.45, 7) is 3.81. The van der Waals surface area contributed by atoms with Gasteiger partial charge < -0.3 is 53.5 Å². The van der Waals surface area contributed by atoms with E-state index in [9.17, 15) is 43.8 Å². The second-order valence-electron chi connectivity index (χ2n) is 9.19. The molecule has 0 saturated carbocycles. The molecule has 0 saturated heterocycles. The third-order valence-corrected chi connectivity index (χ3v) is 5.17. The highest BCUT2D eigenvalue weighted by Gasteiger charge is 2.33. The van der Waals surface area contributed by atoms with Crippen molar-refractivity contribution in [3.05, 3.63) is 0 Å². The van der Waals surface area contributed by atoms with Gasteiger partial charge in [-0.2, -0.15) is 0 Å². The third-order valence-electron chi connectivity index (χ3n) is 5.17. The van der Waals surface area contributed by atoms with Crippen molar-refractivity contribution in [2.45, 2.75) is 82.8 Å². The molecule has 0 unspecified atom stereocenters. The maximum Gasteiger partial charge on any atom is 0.245 e. The predicted octanol–water partition coefficient (Wildman–Crippen LogP) is -4.99. The minimum Gasteiger partial charge on any atom is -0.394 e. The zero-order valence-corrected chi connectivity index (χ0v) is 21.6. The van der Waals surface area contributed by atoms with Crippen molar-refractivity contribution >= 4 is 41.7 Å². The predicted molar refractivity (Wildman–Crippen MR) is 132 cm³/mol. The molecule has 6 amide bonds. The van der Waals surface area contributed by atoms with Crippen molar-refractivity contribution in [1.29, 1.82) is 0 Å². The fraction of sp³-hybridized carbons (Fsp3) is 0.682. The van der Waals surface area contributed by atoms with E-state index in [2.05, 4.69) is 21.3 Å². The summed E-state index contributed by atoms with van der Waals surface area (Å²) >= 11 is 0. The van der Waals surface area contributed by atoms with Gasteiger partial charge in [0.2, 0.25) is 35.4 Å². The van der Waals surface area contributed by atoms with E-state index in [1.54, 1.807) is 13.8 Å². The molecule has 216 valence electrons. The van der Waals surface area contributed by atoms with Crippen LogP contribution in [0.3, 0.4) is 0 Å². The van der Waals surface area contributed by atoms with Gasteiger partial charge in [0.15, 0.2) is 0 Å². The van der Waals surface area contributed by atoms with E-state index in [-0.39, 0.29) is 25.2 Å². The van der Waals surface area contributed by atoms with Crippen molar-refractivity contribution < 1.29 is 43.8 Å². The number of rotatable bonds is 18. The average molecular weight is 546 g/mol. The molecule has 0 radical (unpaired) electrons. The summed E-state index contributed by atoms with van der Waals surface area (Å²) in [7, 11) is 0. The van der Waals surface area contributed by atoms with E-state index < -0.39 is 84.8 Å². The molecule has 0 aliphatic carbocycles. The fourth-order valence-corrected chi connectivity index (χ4v) is 3.16. The van der Waals surface area contributed by atoms with Crippen molar-refractivity contribution in [2.24, 2.45) is 23.1 Å². The van der Waals surface area contributed by atoms with Crippen LogP contribution in [0.5, 0.6) is 0 Å². The number of hydrogen-bond donors (Lipinski definition) is 9. The summed E-state index contributed by atoms with van der Waals surface area (Å²) < 4.78 is 0. The molecule has 16 nitrogen and oxygen atoms in total. The molecule has 0 aromatic carbocycles. The lowest BCUT2D eigenvalue weighted by molar-refractivity contribution is -0.136. The standard InChI is InChI=1S/C22H39N7O9/c1-10(2)6-14(20(36)26-12(8-30)4-5-16(24)33)27-22(38)18(11(3)32)29-21(37)15(9-31)28-19(35)13(23)7-17(25)34/h8,10-15,18,31-32H,4-7,9,23H2,1-3H3,(H2,24,33)(H2,25,34)(H,26,36)(H,27,38)(H,28,35)(H,29,37)/t11-,12+,13+,14+,15+,18+/m1/s1. The Morgan fingerprint density at radius 2 is 1.37 bits per heavy atom. The Hall–Kier alpha value is -3.63. The number of carbonyl (C=O) groups excluding carboxylic acids is 7. The molecular formula is C22H39N7O9. The van der Waals surface area contributed by atoms with Gasteiger partial charge in [0.1, 0.15) is 24.4 Å². The molecule has 0 fully saturated rings. The minimum atomic E-state index is -1.62. The summed E-state index contributed by atoms with van der Waals surface area (Å²) in [6, 6.07) is -6.82. The highest BCUT2D eigenvalue weighted by atomic mass is 16.3. The number of aliphatic hydroxyl groups excluding tert-OH is 2. The van der Waals surface area contributed by atoms with Crippen LogP contribution in [0.15, 0.2) is 0 Å². The first-order chi connectivity index (χ1) is 17.6. The summed E-state index contributed by atoms with van der Waals surface area (Å²) in [5.74, 6) is -5.38. The van der Waals surface area contributed by atoms with Crippen molar-refractivity contribution in [1.82, 2.24) is 21.3 Å². The molecule has 12 N–H and O–H groups in total. The van der Waals surface area contributed by atoms with E-state index in [0.717, 1.165) is 0 Å². The van der Waals surface area contributed by atoms with Crippen LogP contribution in [-0.2, 0) is 33.6 Å². The van der Waals surface area contributed by atoms with Gasteiger partial charge in [-0.1, -0.05) is 13.8 Å². The van der Waals surface area contributed by atoms with Gasteiger partial charge >= 0.3 is 0 Å². The van der Waals surface area contributed by atoms with Crippen molar-refractivity contribution in [3.63, 3.8) is 0 Å². The van der Waals surface area contributed by atoms with Crippen LogP contribution in [0.25, 0.3) is 0 Å². The minimum absolute atomic E-state index is 0.0450. The van der Waals surface area contributed by atoms with Gasteiger partial charge in [0.25, 0.3) is 0 Å². The third kappa shape index (κ3) is 13.1. The Kier molecular flexibility index (Phi) is 15.4. The van der Waals surface area contributed by atoms with Crippen LogP contribution in [0, 0.1) is 5.92 Å². The van der Waals surface area contributed by atoms with E-state index >= 15 is 0 Å². The van der Waals surface area contributed by atoms with Gasteiger partial charge in [-0.15, -0.1) is 0 Å². The largest absolute Gasteiger partial charge is 0.394 e. The van der Waals surface area contributed by atoms with Crippen LogP contribution >= 0.6 is 0 Å². The van der Waals surface area contributed by atoms with Crippen LogP contribution in [0.1, 0.15) is 46.5 Å². The Morgan fingerprint density at radius 3 is 1.82 bits per heavy atom. The first kappa shape index (κ1) is 34.4. The fourth-order valence-electron chi connectivity index (χ4n) is 3.16. The van der Waals surface area contributed by atoms with Crippen LogP contribution < -0.4 is 38.5 Å². The molecule has 0 bridgehead atoms. The number of primary amides is 2. The molecule has 0 rings (SSSR count). The maximum absolute atomic E-state index is 12.9. The number of hydrogen-bond acceptors (Lipinski definition) is 10. The summed E-state index contributed by atoms with van der Waals surface area (Å²) in [6.07, 6.45) is -1.66. The first-order valence-corrected chi connectivity index (χ1v) is 11.9. The maximum atomic E-state index is 12.9. The van der Waals surface area contributed by atoms with Crippen LogP contribution in [-0.4, -0.2) is 94.9 Å². The Bertz CT molecular complexity index is 866. The molecule has 16 heteroatoms. The Balaban J connectivity index is 5.50. The zero-order valence-electron chi connectivity index (χ0n) is 21.6. The van der Waals surface area contributed by atoms with E-state index in [1.807, 2.05) is 0 Å². The molecular weight excluding hydrogens is 506 g/mol.